The number of hydrogen-bond donors (Lipinski definition) is 1. The molecule has 124 valence electrons. The Kier molecular flexibility index (Phi) is 4.66. The van der Waals surface area contributed by atoms with E-state index in [4.69, 9.17) is 11.6 Å². The number of carbonyl (C=O) groups excluding carboxylic acids is 1. The Bertz CT molecular complexity index is 771. The lowest BCUT2D eigenvalue weighted by molar-refractivity contribution is -0.383. The van der Waals surface area contributed by atoms with E-state index >= 15 is 0 Å². The number of amides is 1. The predicted molar refractivity (Wildman–Crippen MR) is 93.0 cm³/mol. The van der Waals surface area contributed by atoms with Crippen molar-refractivity contribution in [2.45, 2.75) is 12.8 Å². The summed E-state index contributed by atoms with van der Waals surface area (Å²) in [7, 11) is 0. The molecule has 24 heavy (non-hydrogen) atoms. The van der Waals surface area contributed by atoms with E-state index in [2.05, 4.69) is 5.32 Å². The zero-order valence-electron chi connectivity index (χ0n) is 12.9. The van der Waals surface area contributed by atoms with Gasteiger partial charge in [-0.25, -0.2) is 0 Å². The Balaban J connectivity index is 1.78. The van der Waals surface area contributed by atoms with Crippen LogP contribution in [0, 0.1) is 10.1 Å². The summed E-state index contributed by atoms with van der Waals surface area (Å²) in [4.78, 5) is 24.8. The molecular formula is C17H16ClN3O3. The molecule has 2 aromatic rings. The molecule has 0 aromatic heterocycles. The molecule has 0 unspecified atom stereocenters. The molecule has 1 saturated heterocycles. The minimum absolute atomic E-state index is 0.0211. The minimum Gasteiger partial charge on any atom is -0.350 e. The standard InChI is InChI=1S/C17H16ClN3O3/c18-13-5-8-16(21(23)24)15(11-13)19-14-6-3-12(4-7-14)17(22)20-9-1-2-10-20/h3-8,11,19H,1-2,9-10H2. The molecule has 1 fully saturated rings. The molecule has 7 heteroatoms. The second-order valence-corrected chi connectivity index (χ2v) is 6.06. The van der Waals surface area contributed by atoms with E-state index < -0.39 is 4.92 Å². The zero-order valence-corrected chi connectivity index (χ0v) is 13.6. The lowest BCUT2D eigenvalue weighted by atomic mass is 10.1. The van der Waals surface area contributed by atoms with Gasteiger partial charge in [0.15, 0.2) is 0 Å². The van der Waals surface area contributed by atoms with E-state index in [1.165, 1.54) is 18.2 Å². The summed E-state index contributed by atoms with van der Waals surface area (Å²) in [6, 6.07) is 11.2. The summed E-state index contributed by atoms with van der Waals surface area (Å²) in [6.45, 7) is 1.60. The quantitative estimate of drug-likeness (QED) is 0.664. The normalized spacial score (nSPS) is 13.8. The molecule has 0 saturated carbocycles. The second kappa shape index (κ2) is 6.88. The number of carbonyl (C=O) groups is 1. The van der Waals surface area contributed by atoms with Crippen LogP contribution in [0.5, 0.6) is 0 Å². The van der Waals surface area contributed by atoms with Crippen LogP contribution in [0.1, 0.15) is 23.2 Å². The number of benzene rings is 2. The summed E-state index contributed by atoms with van der Waals surface area (Å²) in [5.41, 5.74) is 1.52. The summed E-state index contributed by atoms with van der Waals surface area (Å²) in [5.74, 6) is 0.0211. The van der Waals surface area contributed by atoms with Crippen molar-refractivity contribution < 1.29 is 9.72 Å². The third kappa shape index (κ3) is 3.49. The zero-order chi connectivity index (χ0) is 17.1. The van der Waals surface area contributed by atoms with Crippen LogP contribution >= 0.6 is 11.6 Å². The van der Waals surface area contributed by atoms with Gasteiger partial charge in [-0.15, -0.1) is 0 Å². The van der Waals surface area contributed by atoms with Crippen LogP contribution in [-0.4, -0.2) is 28.8 Å². The maximum Gasteiger partial charge on any atom is 0.292 e. The van der Waals surface area contributed by atoms with Crippen LogP contribution in [0.15, 0.2) is 42.5 Å². The molecular weight excluding hydrogens is 330 g/mol. The maximum atomic E-state index is 12.3. The number of nitro benzene ring substituents is 1. The van der Waals surface area contributed by atoms with Crippen LogP contribution < -0.4 is 5.32 Å². The van der Waals surface area contributed by atoms with Gasteiger partial charge < -0.3 is 10.2 Å². The van der Waals surface area contributed by atoms with Crippen molar-refractivity contribution in [1.82, 2.24) is 4.90 Å². The molecule has 1 aliphatic rings. The summed E-state index contributed by atoms with van der Waals surface area (Å²) in [6.07, 6.45) is 2.09. The van der Waals surface area contributed by atoms with E-state index in [0.29, 0.717) is 22.0 Å². The van der Waals surface area contributed by atoms with Gasteiger partial charge in [0, 0.05) is 35.4 Å². The van der Waals surface area contributed by atoms with E-state index in [0.717, 1.165) is 25.9 Å². The van der Waals surface area contributed by atoms with Crippen LogP contribution in [0.25, 0.3) is 0 Å². The number of nitrogens with zero attached hydrogens (tertiary/aromatic N) is 2. The molecule has 2 aromatic carbocycles. The fourth-order valence-corrected chi connectivity index (χ4v) is 2.89. The van der Waals surface area contributed by atoms with Crippen molar-refractivity contribution in [3.63, 3.8) is 0 Å². The van der Waals surface area contributed by atoms with Crippen LogP contribution in [0.3, 0.4) is 0 Å². The van der Waals surface area contributed by atoms with Gasteiger partial charge >= 0.3 is 0 Å². The smallest absolute Gasteiger partial charge is 0.292 e. The first-order valence-corrected chi connectivity index (χ1v) is 8.03. The second-order valence-electron chi connectivity index (χ2n) is 5.62. The highest BCUT2D eigenvalue weighted by molar-refractivity contribution is 6.31. The Morgan fingerprint density at radius 3 is 2.42 bits per heavy atom. The van der Waals surface area contributed by atoms with Crippen molar-refractivity contribution in [3.8, 4) is 0 Å². The first-order valence-electron chi connectivity index (χ1n) is 7.65. The molecule has 3 rings (SSSR count). The van der Waals surface area contributed by atoms with Gasteiger partial charge in [-0.1, -0.05) is 11.6 Å². The van der Waals surface area contributed by atoms with Crippen molar-refractivity contribution in [2.24, 2.45) is 0 Å². The Hall–Kier alpha value is -2.60. The van der Waals surface area contributed by atoms with Gasteiger partial charge in [0.05, 0.1) is 4.92 Å². The molecule has 0 bridgehead atoms. The number of nitrogens with one attached hydrogen (secondary N) is 1. The van der Waals surface area contributed by atoms with Crippen molar-refractivity contribution in [2.75, 3.05) is 18.4 Å². The molecule has 1 heterocycles. The molecule has 1 aliphatic heterocycles. The largest absolute Gasteiger partial charge is 0.350 e. The topological polar surface area (TPSA) is 75.5 Å². The average molecular weight is 346 g/mol. The van der Waals surface area contributed by atoms with E-state index in [1.54, 1.807) is 24.3 Å². The molecule has 0 spiro atoms. The first-order chi connectivity index (χ1) is 11.5. The Morgan fingerprint density at radius 1 is 1.12 bits per heavy atom. The lowest BCUT2D eigenvalue weighted by Crippen LogP contribution is -2.27. The summed E-state index contributed by atoms with van der Waals surface area (Å²) in [5, 5.41) is 14.5. The van der Waals surface area contributed by atoms with Crippen LogP contribution in [0.4, 0.5) is 17.1 Å². The Morgan fingerprint density at radius 2 is 1.79 bits per heavy atom. The number of hydrogen-bond acceptors (Lipinski definition) is 4. The monoisotopic (exact) mass is 345 g/mol. The highest BCUT2D eigenvalue weighted by Crippen LogP contribution is 2.30. The SMILES string of the molecule is O=C(c1ccc(Nc2cc(Cl)ccc2[N+](=O)[O-])cc1)N1CCCC1. The molecule has 1 N–H and O–H groups in total. The average Bonchev–Trinajstić information content (AvgIpc) is 3.09. The van der Waals surface area contributed by atoms with Gasteiger partial charge in [-0.3, -0.25) is 14.9 Å². The molecule has 1 amide bonds. The Labute approximate surface area is 144 Å². The number of anilines is 2. The first kappa shape index (κ1) is 16.3. The number of rotatable bonds is 4. The van der Waals surface area contributed by atoms with E-state index in [1.807, 2.05) is 4.90 Å². The lowest BCUT2D eigenvalue weighted by Gasteiger charge is -2.15. The van der Waals surface area contributed by atoms with Crippen LogP contribution in [-0.2, 0) is 0 Å². The number of halogens is 1. The fourth-order valence-electron chi connectivity index (χ4n) is 2.72. The van der Waals surface area contributed by atoms with Crippen molar-refractivity contribution in [1.29, 1.82) is 0 Å². The third-order valence-corrected chi connectivity index (χ3v) is 4.19. The van der Waals surface area contributed by atoms with E-state index in [9.17, 15) is 14.9 Å². The van der Waals surface area contributed by atoms with Gasteiger partial charge in [-0.05, 0) is 49.2 Å². The third-order valence-electron chi connectivity index (χ3n) is 3.96. The van der Waals surface area contributed by atoms with E-state index in [-0.39, 0.29) is 11.6 Å². The molecule has 0 atom stereocenters. The minimum atomic E-state index is -0.468. The number of likely N-dealkylation sites (tertiary alicyclic amines) is 1. The van der Waals surface area contributed by atoms with Gasteiger partial charge in [0.1, 0.15) is 5.69 Å². The molecule has 6 nitrogen and oxygen atoms in total. The predicted octanol–water partition coefficient (Wildman–Crippen LogP) is 4.23. The van der Waals surface area contributed by atoms with Crippen molar-refractivity contribution >= 4 is 34.6 Å². The maximum absolute atomic E-state index is 12.3. The van der Waals surface area contributed by atoms with Gasteiger partial charge in [0.2, 0.25) is 0 Å². The van der Waals surface area contributed by atoms with Crippen molar-refractivity contribution in [3.05, 3.63) is 63.2 Å². The van der Waals surface area contributed by atoms with Gasteiger partial charge in [0.25, 0.3) is 11.6 Å². The molecule has 0 radical (unpaired) electrons. The highest BCUT2D eigenvalue weighted by atomic mass is 35.5. The van der Waals surface area contributed by atoms with Gasteiger partial charge in [-0.2, -0.15) is 0 Å². The highest BCUT2D eigenvalue weighted by Gasteiger charge is 2.19. The summed E-state index contributed by atoms with van der Waals surface area (Å²) < 4.78 is 0. The molecule has 0 aliphatic carbocycles. The number of nitro groups is 1. The summed E-state index contributed by atoms with van der Waals surface area (Å²) >= 11 is 5.91. The fraction of sp³-hybridized carbons (Fsp3) is 0.235. The van der Waals surface area contributed by atoms with Crippen LogP contribution in [0.2, 0.25) is 5.02 Å².